The minimum Gasteiger partial charge on any atom is -0.593 e. The highest BCUT2D eigenvalue weighted by molar-refractivity contribution is 7.89. The minimum absolute atomic E-state index is 0.540. The van der Waals surface area contributed by atoms with Crippen molar-refractivity contribution in [3.05, 3.63) is 66.4 Å². The van der Waals surface area contributed by atoms with Gasteiger partial charge in [0.25, 0.3) is 0 Å². The zero-order valence-corrected chi connectivity index (χ0v) is 15.9. The molecule has 0 saturated heterocycles. The largest absolute Gasteiger partial charge is 0.593 e. The van der Waals surface area contributed by atoms with Crippen LogP contribution in [0.2, 0.25) is 0 Å². The van der Waals surface area contributed by atoms with Crippen molar-refractivity contribution in [3.8, 4) is 0 Å². The first-order valence-electron chi connectivity index (χ1n) is 8.89. The molecule has 27 heavy (non-hydrogen) atoms. The number of anilines is 4. The van der Waals surface area contributed by atoms with Crippen molar-refractivity contribution >= 4 is 34.5 Å². The molecular weight excluding hydrogens is 358 g/mol. The fourth-order valence-corrected chi connectivity index (χ4v) is 3.86. The molecular formula is C20H21N5OS. The number of benzene rings is 2. The van der Waals surface area contributed by atoms with E-state index in [0.717, 1.165) is 35.8 Å². The van der Waals surface area contributed by atoms with Crippen molar-refractivity contribution in [1.29, 1.82) is 0 Å². The highest BCUT2D eigenvalue weighted by Crippen LogP contribution is 2.32. The van der Waals surface area contributed by atoms with Gasteiger partial charge in [0.15, 0.2) is 4.90 Å². The number of hydrogen-bond donors (Lipinski definition) is 2. The lowest BCUT2D eigenvalue weighted by Gasteiger charge is -2.30. The SMILES string of the molecule is CN[S+]([O-])c1ccc(Nc2nccc(N3CCCc4ccccc43)n2)cc1. The van der Waals surface area contributed by atoms with Crippen LogP contribution in [0.3, 0.4) is 0 Å². The lowest BCUT2D eigenvalue weighted by atomic mass is 10.0. The van der Waals surface area contributed by atoms with E-state index in [1.54, 1.807) is 13.2 Å². The molecule has 0 fully saturated rings. The van der Waals surface area contributed by atoms with Gasteiger partial charge in [0.2, 0.25) is 5.95 Å². The summed E-state index contributed by atoms with van der Waals surface area (Å²) in [5.74, 6) is 1.42. The number of nitrogens with one attached hydrogen (secondary N) is 2. The Kier molecular flexibility index (Phi) is 5.24. The summed E-state index contributed by atoms with van der Waals surface area (Å²) >= 11 is -1.19. The van der Waals surface area contributed by atoms with Crippen LogP contribution >= 0.6 is 0 Å². The molecule has 1 aromatic heterocycles. The molecule has 0 spiro atoms. The highest BCUT2D eigenvalue weighted by atomic mass is 32.2. The van der Waals surface area contributed by atoms with Gasteiger partial charge in [0.1, 0.15) is 5.82 Å². The Labute approximate surface area is 162 Å². The molecule has 2 N–H and O–H groups in total. The maximum Gasteiger partial charge on any atom is 0.229 e. The van der Waals surface area contributed by atoms with E-state index < -0.39 is 11.4 Å². The fraction of sp³-hybridized carbons (Fsp3) is 0.200. The van der Waals surface area contributed by atoms with Gasteiger partial charge in [-0.05, 0) is 54.8 Å². The van der Waals surface area contributed by atoms with Crippen LogP contribution in [0, 0.1) is 0 Å². The molecule has 1 unspecified atom stereocenters. The van der Waals surface area contributed by atoms with Gasteiger partial charge in [-0.3, -0.25) is 0 Å². The minimum atomic E-state index is -1.19. The van der Waals surface area contributed by atoms with Crippen LogP contribution in [-0.4, -0.2) is 28.1 Å². The van der Waals surface area contributed by atoms with Crippen molar-refractivity contribution in [2.24, 2.45) is 0 Å². The van der Waals surface area contributed by atoms with Crippen LogP contribution < -0.4 is 14.9 Å². The maximum absolute atomic E-state index is 11.8. The molecule has 0 radical (unpaired) electrons. The lowest BCUT2D eigenvalue weighted by Crippen LogP contribution is -2.25. The van der Waals surface area contributed by atoms with Gasteiger partial charge in [0.05, 0.1) is 11.4 Å². The summed E-state index contributed by atoms with van der Waals surface area (Å²) < 4.78 is 14.5. The molecule has 1 aliphatic rings. The summed E-state index contributed by atoms with van der Waals surface area (Å²) in [5, 5.41) is 3.22. The third-order valence-corrected chi connectivity index (χ3v) is 5.61. The summed E-state index contributed by atoms with van der Waals surface area (Å²) in [4.78, 5) is 12.0. The molecule has 2 aromatic carbocycles. The number of rotatable bonds is 5. The second-order valence-corrected chi connectivity index (χ2v) is 7.66. The molecule has 0 amide bonds. The molecule has 0 aliphatic carbocycles. The zero-order chi connectivity index (χ0) is 18.6. The molecule has 138 valence electrons. The van der Waals surface area contributed by atoms with Crippen LogP contribution in [0.4, 0.5) is 23.1 Å². The van der Waals surface area contributed by atoms with Gasteiger partial charge >= 0.3 is 0 Å². The lowest BCUT2D eigenvalue weighted by molar-refractivity contribution is 0.587. The standard InChI is InChI=1S/C20H21N5OS/c1-21-27(26)17-10-8-16(9-11-17)23-20-22-13-12-19(24-20)25-14-4-6-15-5-2-3-7-18(15)25/h2-3,5,7-13,21H,4,6,14H2,1H3,(H,22,23,24). The summed E-state index contributed by atoms with van der Waals surface area (Å²) in [7, 11) is 1.67. The Morgan fingerprint density at radius 3 is 2.70 bits per heavy atom. The maximum atomic E-state index is 11.8. The predicted octanol–water partition coefficient (Wildman–Crippen LogP) is 3.55. The third kappa shape index (κ3) is 3.90. The molecule has 6 nitrogen and oxygen atoms in total. The summed E-state index contributed by atoms with van der Waals surface area (Å²) in [5.41, 5.74) is 3.42. The third-order valence-electron chi connectivity index (χ3n) is 4.54. The van der Waals surface area contributed by atoms with E-state index in [4.69, 9.17) is 4.98 Å². The second kappa shape index (κ2) is 7.96. The molecule has 2 heterocycles. The monoisotopic (exact) mass is 379 g/mol. The molecule has 3 aromatic rings. The Bertz CT molecular complexity index is 918. The normalized spacial score (nSPS) is 14.5. The topological polar surface area (TPSA) is 76.1 Å². The van der Waals surface area contributed by atoms with Crippen molar-refractivity contribution in [3.63, 3.8) is 0 Å². The quantitative estimate of drug-likeness (QED) is 0.661. The Hall–Kier alpha value is -2.61. The van der Waals surface area contributed by atoms with Crippen molar-refractivity contribution in [2.75, 3.05) is 23.8 Å². The highest BCUT2D eigenvalue weighted by Gasteiger charge is 2.19. The van der Waals surface area contributed by atoms with Gasteiger partial charge in [-0.2, -0.15) is 4.98 Å². The van der Waals surface area contributed by atoms with E-state index in [0.29, 0.717) is 5.95 Å². The molecule has 0 bridgehead atoms. The van der Waals surface area contributed by atoms with E-state index in [1.165, 1.54) is 11.3 Å². The van der Waals surface area contributed by atoms with Crippen molar-refractivity contribution in [1.82, 2.24) is 14.7 Å². The number of aromatic nitrogens is 2. The summed E-state index contributed by atoms with van der Waals surface area (Å²) in [6.45, 7) is 0.942. The Balaban J connectivity index is 1.55. The molecule has 1 aliphatic heterocycles. The van der Waals surface area contributed by atoms with Crippen LogP contribution in [0.5, 0.6) is 0 Å². The van der Waals surface area contributed by atoms with E-state index in [1.807, 2.05) is 30.3 Å². The molecule has 1 atom stereocenters. The van der Waals surface area contributed by atoms with E-state index in [-0.39, 0.29) is 0 Å². The van der Waals surface area contributed by atoms with Crippen LogP contribution in [0.25, 0.3) is 0 Å². The Morgan fingerprint density at radius 1 is 1.07 bits per heavy atom. The van der Waals surface area contributed by atoms with Crippen LogP contribution in [-0.2, 0) is 17.8 Å². The van der Waals surface area contributed by atoms with Gasteiger partial charge in [-0.1, -0.05) is 18.2 Å². The number of nitrogens with zero attached hydrogens (tertiary/aromatic N) is 3. The number of hydrogen-bond acceptors (Lipinski definition) is 6. The van der Waals surface area contributed by atoms with Gasteiger partial charge in [0, 0.05) is 31.2 Å². The zero-order valence-electron chi connectivity index (χ0n) is 15.1. The van der Waals surface area contributed by atoms with Gasteiger partial charge < -0.3 is 14.8 Å². The number of aryl methyl sites for hydroxylation is 1. The fourth-order valence-electron chi connectivity index (χ4n) is 3.24. The molecule has 0 saturated carbocycles. The van der Waals surface area contributed by atoms with Crippen molar-refractivity contribution < 1.29 is 4.55 Å². The van der Waals surface area contributed by atoms with Crippen LogP contribution in [0.1, 0.15) is 12.0 Å². The summed E-state index contributed by atoms with van der Waals surface area (Å²) in [6.07, 6.45) is 3.98. The Morgan fingerprint density at radius 2 is 1.89 bits per heavy atom. The van der Waals surface area contributed by atoms with Gasteiger partial charge in [-0.15, -0.1) is 4.72 Å². The van der Waals surface area contributed by atoms with Crippen molar-refractivity contribution in [2.45, 2.75) is 17.7 Å². The number of fused-ring (bicyclic) bond motifs is 1. The average molecular weight is 379 g/mol. The average Bonchev–Trinajstić information content (AvgIpc) is 2.73. The predicted molar refractivity (Wildman–Crippen MR) is 109 cm³/mol. The first kappa shape index (κ1) is 17.8. The second-order valence-electron chi connectivity index (χ2n) is 6.24. The first-order valence-corrected chi connectivity index (χ1v) is 10.0. The van der Waals surface area contributed by atoms with Crippen LogP contribution in [0.15, 0.2) is 65.7 Å². The number of para-hydroxylation sites is 1. The van der Waals surface area contributed by atoms with E-state index in [9.17, 15) is 4.55 Å². The van der Waals surface area contributed by atoms with Gasteiger partial charge in [-0.25, -0.2) is 4.98 Å². The molecule has 4 rings (SSSR count). The van der Waals surface area contributed by atoms with E-state index >= 15 is 0 Å². The van der Waals surface area contributed by atoms with E-state index in [2.05, 4.69) is 44.2 Å². The summed E-state index contributed by atoms with van der Waals surface area (Å²) in [6, 6.07) is 17.8. The molecule has 7 heteroatoms. The first-order chi connectivity index (χ1) is 13.2. The smallest absolute Gasteiger partial charge is 0.229 e.